The fraction of sp³-hybridized carbons (Fsp3) is 0.263. The van der Waals surface area contributed by atoms with Gasteiger partial charge in [-0.3, -0.25) is 0 Å². The van der Waals surface area contributed by atoms with E-state index in [1.54, 1.807) is 7.11 Å². The lowest BCUT2D eigenvalue weighted by atomic mass is 9.77. The highest BCUT2D eigenvalue weighted by atomic mass is 79.9. The van der Waals surface area contributed by atoms with Crippen LogP contribution in [-0.4, -0.2) is 7.11 Å². The van der Waals surface area contributed by atoms with Crippen molar-refractivity contribution in [2.75, 3.05) is 12.4 Å². The van der Waals surface area contributed by atoms with Crippen LogP contribution in [0, 0.1) is 5.92 Å². The zero-order valence-corrected chi connectivity index (χ0v) is 14.0. The Morgan fingerprint density at radius 1 is 1.14 bits per heavy atom. The van der Waals surface area contributed by atoms with Gasteiger partial charge in [-0.15, -0.1) is 0 Å². The van der Waals surface area contributed by atoms with Crippen LogP contribution < -0.4 is 10.1 Å². The highest BCUT2D eigenvalue weighted by Crippen LogP contribution is 2.51. The molecule has 112 valence electrons. The molecule has 0 saturated heterocycles. The van der Waals surface area contributed by atoms with Gasteiger partial charge in [0.05, 0.1) is 13.2 Å². The average Bonchev–Trinajstić information content (AvgIpc) is 3.04. The fourth-order valence-corrected chi connectivity index (χ4v) is 4.18. The maximum Gasteiger partial charge on any atom is 0.124 e. The molecule has 1 aliphatic carbocycles. The van der Waals surface area contributed by atoms with Crippen LogP contribution in [0.25, 0.3) is 0 Å². The molecule has 0 amide bonds. The first-order valence-electron chi connectivity index (χ1n) is 7.63. The molecule has 1 N–H and O–H groups in total. The normalized spacial score (nSPS) is 25.3. The zero-order chi connectivity index (χ0) is 15.1. The van der Waals surface area contributed by atoms with Crippen molar-refractivity contribution in [3.8, 4) is 5.75 Å². The number of anilines is 1. The summed E-state index contributed by atoms with van der Waals surface area (Å²) in [6, 6.07) is 15.1. The predicted molar refractivity (Wildman–Crippen MR) is 93.5 cm³/mol. The van der Waals surface area contributed by atoms with E-state index in [-0.39, 0.29) is 6.04 Å². The van der Waals surface area contributed by atoms with E-state index in [1.165, 1.54) is 16.8 Å². The number of halogens is 1. The monoisotopic (exact) mass is 355 g/mol. The average molecular weight is 356 g/mol. The number of benzene rings is 2. The molecule has 1 aliphatic heterocycles. The van der Waals surface area contributed by atoms with Gasteiger partial charge >= 0.3 is 0 Å². The van der Waals surface area contributed by atoms with Gasteiger partial charge in [0.2, 0.25) is 0 Å². The van der Waals surface area contributed by atoms with Crippen molar-refractivity contribution in [1.82, 2.24) is 0 Å². The molecule has 0 saturated carbocycles. The Labute approximate surface area is 139 Å². The van der Waals surface area contributed by atoms with Gasteiger partial charge in [-0.25, -0.2) is 0 Å². The van der Waals surface area contributed by atoms with Crippen LogP contribution in [-0.2, 0) is 0 Å². The minimum absolute atomic E-state index is 0.282. The maximum atomic E-state index is 5.59. The number of nitrogens with one attached hydrogen (secondary N) is 1. The van der Waals surface area contributed by atoms with E-state index in [9.17, 15) is 0 Å². The summed E-state index contributed by atoms with van der Waals surface area (Å²) in [5.74, 6) is 1.98. The van der Waals surface area contributed by atoms with Crippen LogP contribution >= 0.6 is 15.9 Å². The Hall–Kier alpha value is -1.74. The first-order chi connectivity index (χ1) is 10.8. The minimum atomic E-state index is 0.282. The summed E-state index contributed by atoms with van der Waals surface area (Å²) in [5.41, 5.74) is 3.86. The summed E-state index contributed by atoms with van der Waals surface area (Å²) < 4.78 is 6.73. The van der Waals surface area contributed by atoms with Gasteiger partial charge in [0, 0.05) is 21.6 Å². The Morgan fingerprint density at radius 3 is 2.86 bits per heavy atom. The number of ether oxygens (including phenoxy) is 1. The number of hydrogen-bond acceptors (Lipinski definition) is 2. The molecule has 3 heteroatoms. The van der Waals surface area contributed by atoms with Crippen molar-refractivity contribution >= 4 is 21.6 Å². The third kappa shape index (κ3) is 2.15. The summed E-state index contributed by atoms with van der Waals surface area (Å²) in [6.45, 7) is 0. The molecule has 1 heterocycles. The van der Waals surface area contributed by atoms with E-state index in [4.69, 9.17) is 4.74 Å². The van der Waals surface area contributed by atoms with Crippen LogP contribution in [0.5, 0.6) is 5.75 Å². The molecule has 4 rings (SSSR count). The van der Waals surface area contributed by atoms with Crippen LogP contribution in [0.2, 0.25) is 0 Å². The van der Waals surface area contributed by atoms with Crippen molar-refractivity contribution in [1.29, 1.82) is 0 Å². The molecule has 3 atom stereocenters. The van der Waals surface area contributed by atoms with Gasteiger partial charge in [0.25, 0.3) is 0 Å². The molecule has 0 radical (unpaired) electrons. The number of fused-ring (bicyclic) bond motifs is 3. The number of hydrogen-bond donors (Lipinski definition) is 1. The fourth-order valence-electron chi connectivity index (χ4n) is 3.80. The first kappa shape index (κ1) is 13.9. The minimum Gasteiger partial charge on any atom is -0.496 e. The standard InChI is InChI=1S/C19H18BrNO/c1-22-18-8-3-2-5-15(18)19-14-7-4-6-13(14)16-11-12(20)9-10-17(16)21-19/h2-6,8-11,13-14,19,21H,7H2,1H3. The molecule has 2 aromatic carbocycles. The molecular weight excluding hydrogens is 338 g/mol. The van der Waals surface area contributed by atoms with Crippen molar-refractivity contribution in [2.45, 2.75) is 18.4 Å². The van der Waals surface area contributed by atoms with Gasteiger partial charge in [-0.2, -0.15) is 0 Å². The Bertz CT molecular complexity index is 740. The molecule has 0 fully saturated rings. The molecule has 0 aromatic heterocycles. The quantitative estimate of drug-likeness (QED) is 0.739. The zero-order valence-electron chi connectivity index (χ0n) is 12.4. The Balaban J connectivity index is 1.81. The maximum absolute atomic E-state index is 5.59. The Kier molecular flexibility index (Phi) is 3.45. The second kappa shape index (κ2) is 5.47. The van der Waals surface area contributed by atoms with Crippen molar-refractivity contribution in [2.24, 2.45) is 5.92 Å². The molecule has 2 nitrogen and oxygen atoms in total. The van der Waals surface area contributed by atoms with Crippen LogP contribution in [0.1, 0.15) is 29.5 Å². The second-order valence-electron chi connectivity index (χ2n) is 5.95. The second-order valence-corrected chi connectivity index (χ2v) is 6.86. The smallest absolute Gasteiger partial charge is 0.124 e. The largest absolute Gasteiger partial charge is 0.496 e. The molecular formula is C19H18BrNO. The number of para-hydroxylation sites is 1. The highest BCUT2D eigenvalue weighted by Gasteiger charge is 2.38. The lowest BCUT2D eigenvalue weighted by Gasteiger charge is -2.38. The van der Waals surface area contributed by atoms with Gasteiger partial charge in [-0.05, 0) is 42.2 Å². The molecule has 2 aliphatic rings. The third-order valence-corrected chi connectivity index (χ3v) is 5.29. The van der Waals surface area contributed by atoms with E-state index in [0.29, 0.717) is 11.8 Å². The van der Waals surface area contributed by atoms with Crippen LogP contribution in [0.15, 0.2) is 59.1 Å². The summed E-state index contributed by atoms with van der Waals surface area (Å²) >= 11 is 3.60. The van der Waals surface area contributed by atoms with Crippen molar-refractivity contribution < 1.29 is 4.74 Å². The van der Waals surface area contributed by atoms with Gasteiger partial charge in [0.15, 0.2) is 0 Å². The summed E-state index contributed by atoms with van der Waals surface area (Å²) in [5, 5.41) is 3.75. The van der Waals surface area contributed by atoms with E-state index < -0.39 is 0 Å². The number of rotatable bonds is 2. The number of allylic oxidation sites excluding steroid dienone is 2. The van der Waals surface area contributed by atoms with Crippen LogP contribution in [0.4, 0.5) is 5.69 Å². The first-order valence-corrected chi connectivity index (χ1v) is 8.43. The number of methoxy groups -OCH3 is 1. The molecule has 2 aromatic rings. The Morgan fingerprint density at radius 2 is 2.00 bits per heavy atom. The summed E-state index contributed by atoms with van der Waals surface area (Å²) in [4.78, 5) is 0. The highest BCUT2D eigenvalue weighted by molar-refractivity contribution is 9.10. The lowest BCUT2D eigenvalue weighted by Crippen LogP contribution is -2.29. The van der Waals surface area contributed by atoms with Crippen molar-refractivity contribution in [3.05, 3.63) is 70.2 Å². The molecule has 0 bridgehead atoms. The van der Waals surface area contributed by atoms with Crippen molar-refractivity contribution in [3.63, 3.8) is 0 Å². The van der Waals surface area contributed by atoms with E-state index in [2.05, 4.69) is 63.7 Å². The van der Waals surface area contributed by atoms with Gasteiger partial charge < -0.3 is 10.1 Å². The summed E-state index contributed by atoms with van der Waals surface area (Å²) in [6.07, 6.45) is 5.78. The van der Waals surface area contributed by atoms with Gasteiger partial charge in [-0.1, -0.05) is 46.3 Å². The lowest BCUT2D eigenvalue weighted by molar-refractivity contribution is 0.381. The predicted octanol–water partition coefficient (Wildman–Crippen LogP) is 5.28. The topological polar surface area (TPSA) is 21.3 Å². The van der Waals surface area contributed by atoms with E-state index in [1.807, 2.05) is 12.1 Å². The summed E-state index contributed by atoms with van der Waals surface area (Å²) in [7, 11) is 1.75. The van der Waals surface area contributed by atoms with Crippen LogP contribution in [0.3, 0.4) is 0 Å². The van der Waals surface area contributed by atoms with Gasteiger partial charge in [0.1, 0.15) is 5.75 Å². The molecule has 0 spiro atoms. The molecule has 22 heavy (non-hydrogen) atoms. The molecule has 3 unspecified atom stereocenters. The van der Waals surface area contributed by atoms with E-state index in [0.717, 1.165) is 16.6 Å². The SMILES string of the molecule is COc1ccccc1C1Nc2ccc(Br)cc2C2C=CCC21. The van der Waals surface area contributed by atoms with E-state index >= 15 is 0 Å². The third-order valence-electron chi connectivity index (χ3n) is 4.80.